The molecule has 0 aliphatic heterocycles. The summed E-state index contributed by atoms with van der Waals surface area (Å²) in [6.45, 7) is -3.74. The van der Waals surface area contributed by atoms with Crippen LogP contribution in [0.15, 0.2) is 67.0 Å². The number of benzene rings is 2. The van der Waals surface area contributed by atoms with E-state index in [1.807, 2.05) is 0 Å². The third-order valence-corrected chi connectivity index (χ3v) is 4.59. The molecule has 0 saturated carbocycles. The van der Waals surface area contributed by atoms with E-state index in [0.29, 0.717) is 30.7 Å². The number of pyridine rings is 1. The van der Waals surface area contributed by atoms with Crippen LogP contribution in [0.2, 0.25) is 0 Å². The Morgan fingerprint density at radius 2 is 1.72 bits per heavy atom. The van der Waals surface area contributed by atoms with Crippen molar-refractivity contribution >= 4 is 0 Å². The van der Waals surface area contributed by atoms with E-state index in [4.69, 9.17) is 8.22 Å². The molecule has 4 aromatic rings. The zero-order valence-corrected chi connectivity index (χ0v) is 17.3. The van der Waals surface area contributed by atoms with Gasteiger partial charge in [-0.1, -0.05) is 18.2 Å². The number of alkyl halides is 5. The predicted molar refractivity (Wildman–Crippen MR) is 108 cm³/mol. The smallest absolute Gasteiger partial charge is 0.406 e. The number of tetrazole rings is 1. The van der Waals surface area contributed by atoms with E-state index in [2.05, 4.69) is 25.2 Å². The molecular weight excluding hydrogens is 499 g/mol. The van der Waals surface area contributed by atoms with E-state index >= 15 is 8.78 Å². The van der Waals surface area contributed by atoms with Gasteiger partial charge in [0.1, 0.15) is 29.4 Å². The van der Waals surface area contributed by atoms with Crippen LogP contribution in [0.4, 0.5) is 30.7 Å². The van der Waals surface area contributed by atoms with Crippen LogP contribution < -0.4 is 4.74 Å². The minimum Gasteiger partial charge on any atom is -0.406 e. The van der Waals surface area contributed by atoms with Crippen LogP contribution >= 0.6 is 0 Å². The third kappa shape index (κ3) is 4.98. The lowest BCUT2D eigenvalue weighted by Gasteiger charge is -2.35. The van der Waals surface area contributed by atoms with Gasteiger partial charge < -0.3 is 9.84 Å². The number of halogens is 7. The van der Waals surface area contributed by atoms with Gasteiger partial charge in [-0.25, -0.2) is 13.5 Å². The fourth-order valence-corrected chi connectivity index (χ4v) is 2.99. The number of aromatic nitrogens is 5. The van der Waals surface area contributed by atoms with Crippen molar-refractivity contribution in [2.24, 2.45) is 0 Å². The molecule has 0 radical (unpaired) electrons. The number of hydrogen-bond acceptors (Lipinski definition) is 6. The van der Waals surface area contributed by atoms with Gasteiger partial charge in [0, 0.05) is 23.4 Å². The Bertz CT molecular complexity index is 1610. The molecule has 36 heavy (non-hydrogen) atoms. The van der Waals surface area contributed by atoms with E-state index < -0.39 is 88.3 Å². The number of hydrogen-bond donors (Lipinski definition) is 1. The molecule has 1 N–H and O–H groups in total. The molecule has 7 nitrogen and oxygen atoms in total. The molecule has 0 spiro atoms. The first-order valence-corrected chi connectivity index (χ1v) is 9.46. The average Bonchev–Trinajstić information content (AvgIpc) is 3.45. The molecule has 0 bridgehead atoms. The maximum absolute atomic E-state index is 16.1. The summed E-state index contributed by atoms with van der Waals surface area (Å²) in [5.41, 5.74) is -8.14. The van der Waals surface area contributed by atoms with Crippen molar-refractivity contribution < 1.29 is 48.8 Å². The van der Waals surface area contributed by atoms with Crippen LogP contribution in [0, 0.1) is 11.6 Å². The minimum atomic E-state index is -5.35. The first-order chi connectivity index (χ1) is 19.3. The number of nitrogens with zero attached hydrogens (tertiary/aromatic N) is 5. The lowest BCUT2D eigenvalue weighted by Crippen LogP contribution is -2.48. The molecule has 1 atom stereocenters. The quantitative estimate of drug-likeness (QED) is 0.360. The second-order valence-electron chi connectivity index (χ2n) is 6.96. The molecule has 2 heterocycles. The Labute approximate surface area is 206 Å². The first-order valence-electron chi connectivity index (χ1n) is 12.5. The Hall–Kier alpha value is -4.07. The summed E-state index contributed by atoms with van der Waals surface area (Å²) in [5, 5.41) is 20.7. The predicted octanol–water partition coefficient (Wildman–Crippen LogP) is 4.59. The van der Waals surface area contributed by atoms with Gasteiger partial charge in [-0.2, -0.15) is 8.78 Å². The van der Waals surface area contributed by atoms with Gasteiger partial charge in [0.25, 0.3) is 0 Å². The molecule has 14 heteroatoms. The molecule has 4 rings (SSSR count). The van der Waals surface area contributed by atoms with Gasteiger partial charge in [0.05, 0.1) is 14.7 Å². The number of aliphatic hydroxyl groups is 1. The number of ether oxygens (including phenoxy) is 1. The van der Waals surface area contributed by atoms with E-state index in [1.54, 1.807) is 0 Å². The molecule has 0 fully saturated rings. The van der Waals surface area contributed by atoms with Crippen molar-refractivity contribution in [1.29, 1.82) is 0 Å². The van der Waals surface area contributed by atoms with Crippen molar-refractivity contribution in [3.63, 3.8) is 0 Å². The lowest BCUT2D eigenvalue weighted by molar-refractivity contribution is -0.274. The molecule has 0 aliphatic carbocycles. The normalized spacial score (nSPS) is 16.7. The second kappa shape index (κ2) is 9.18. The fraction of sp³-hybridized carbons (Fsp3) is 0.182. The first kappa shape index (κ1) is 18.2. The highest BCUT2D eigenvalue weighted by Crippen LogP contribution is 2.46. The highest BCUT2D eigenvalue weighted by atomic mass is 19.4. The largest absolute Gasteiger partial charge is 0.573 e. The molecule has 0 saturated heterocycles. The second-order valence-corrected chi connectivity index (χ2v) is 6.96. The molecule has 0 aliphatic rings. The van der Waals surface area contributed by atoms with Crippen molar-refractivity contribution in [3.05, 3.63) is 89.9 Å². The van der Waals surface area contributed by atoms with Crippen LogP contribution in [0.25, 0.3) is 11.1 Å². The van der Waals surface area contributed by atoms with Crippen molar-refractivity contribution in [2.75, 3.05) is 0 Å². The monoisotopic (exact) mass is 519 g/mol. The van der Waals surface area contributed by atoms with Crippen molar-refractivity contribution in [2.45, 2.75) is 24.4 Å². The standard InChI is InChI=1S/C22H14F7N5O2/c23-15-4-7-17(18(24)9-15)20(35,11-34-12-31-32-33-34)21(25,26)19-8-3-14(10-30-19)13-1-5-16(6-2-13)36-22(27,28)29/h1-10,12,35H,11H2/i1D,2D,5D,6D,11D2. The SMILES string of the molecule is [2H]c1c([2H])c(-c2ccc(C(F)(F)C(O)(c3ccc(F)cc3F)C([2H])([2H])n3cnnn3)nc2)c([2H])c([2H])c1OC(F)(F)F. The van der Waals surface area contributed by atoms with Gasteiger partial charge in [0.15, 0.2) is 5.60 Å². The Morgan fingerprint density at radius 3 is 2.28 bits per heavy atom. The molecular formula is C22H14F7N5O2. The van der Waals surface area contributed by atoms with Gasteiger partial charge in [-0.3, -0.25) is 4.98 Å². The van der Waals surface area contributed by atoms with Gasteiger partial charge >= 0.3 is 12.3 Å². The van der Waals surface area contributed by atoms with Crippen LogP contribution in [0.1, 0.15) is 19.5 Å². The third-order valence-electron chi connectivity index (χ3n) is 4.59. The Balaban J connectivity index is 1.87. The maximum Gasteiger partial charge on any atom is 0.573 e. The van der Waals surface area contributed by atoms with Crippen molar-refractivity contribution in [3.8, 4) is 16.9 Å². The Morgan fingerprint density at radius 1 is 1.00 bits per heavy atom. The van der Waals surface area contributed by atoms with E-state index in [1.165, 1.54) is 0 Å². The van der Waals surface area contributed by atoms with Crippen molar-refractivity contribution in [1.82, 2.24) is 25.2 Å². The van der Waals surface area contributed by atoms with Crippen LogP contribution in [0.5, 0.6) is 5.75 Å². The van der Waals surface area contributed by atoms with Crippen LogP contribution in [0.3, 0.4) is 0 Å². The molecule has 1 unspecified atom stereocenters. The van der Waals surface area contributed by atoms with Gasteiger partial charge in [-0.15, -0.1) is 18.3 Å². The fourth-order valence-electron chi connectivity index (χ4n) is 2.99. The van der Waals surface area contributed by atoms with E-state index in [-0.39, 0.29) is 10.7 Å². The average molecular weight is 519 g/mol. The summed E-state index contributed by atoms with van der Waals surface area (Å²) in [5.74, 6) is -9.32. The molecule has 2 aromatic heterocycles. The summed E-state index contributed by atoms with van der Waals surface area (Å²) < 4.78 is 151. The van der Waals surface area contributed by atoms with E-state index in [0.717, 1.165) is 6.07 Å². The topological polar surface area (TPSA) is 86.0 Å². The zero-order chi connectivity index (χ0) is 31.4. The summed E-state index contributed by atoms with van der Waals surface area (Å²) in [6.07, 6.45) is -4.30. The minimum absolute atomic E-state index is 0.0624. The Kier molecular flexibility index (Phi) is 4.65. The van der Waals surface area contributed by atoms with Crippen LogP contribution in [-0.4, -0.2) is 36.7 Å². The highest BCUT2D eigenvalue weighted by molar-refractivity contribution is 5.63. The summed E-state index contributed by atoms with van der Waals surface area (Å²) >= 11 is 0. The highest BCUT2D eigenvalue weighted by Gasteiger charge is 2.58. The zero-order valence-electron chi connectivity index (χ0n) is 23.3. The van der Waals surface area contributed by atoms with Gasteiger partial charge in [0.2, 0.25) is 0 Å². The molecule has 2 aromatic carbocycles. The van der Waals surface area contributed by atoms with E-state index in [9.17, 15) is 27.1 Å². The number of rotatable bonds is 7. The molecule has 0 amide bonds. The maximum atomic E-state index is 16.1. The summed E-state index contributed by atoms with van der Waals surface area (Å²) in [7, 11) is 0. The summed E-state index contributed by atoms with van der Waals surface area (Å²) in [4.78, 5) is 3.45. The lowest BCUT2D eigenvalue weighted by atomic mass is 9.84. The molecule has 188 valence electrons. The van der Waals surface area contributed by atoms with Crippen LogP contribution in [-0.2, 0) is 18.0 Å². The summed E-state index contributed by atoms with van der Waals surface area (Å²) in [6, 6.07) is -2.39. The van der Waals surface area contributed by atoms with Gasteiger partial charge in [-0.05, 0) is 46.3 Å².